The smallest absolute Gasteiger partial charge is 0.313 e. The van der Waals surface area contributed by atoms with Crippen LogP contribution >= 0.6 is 0 Å². The first kappa shape index (κ1) is 21.1. The van der Waals surface area contributed by atoms with E-state index in [-0.39, 0.29) is 24.0 Å². The molecule has 4 heteroatoms. The van der Waals surface area contributed by atoms with Crippen molar-refractivity contribution in [2.45, 2.75) is 51.2 Å². The largest absolute Gasteiger partial charge is 0.455 e. The molecule has 6 rings (SSSR count). The topological polar surface area (TPSA) is 42.4 Å². The zero-order valence-corrected chi connectivity index (χ0v) is 19.0. The fraction of sp³-hybridized carbons (Fsp3) is 0.429. The number of aromatic nitrogens is 1. The molecule has 3 aliphatic rings. The second-order valence-corrected chi connectivity index (χ2v) is 9.42. The van der Waals surface area contributed by atoms with Crippen LogP contribution < -0.4 is 0 Å². The average Bonchev–Trinajstić information content (AvgIpc) is 2.87. The Morgan fingerprint density at radius 3 is 2.66 bits per heavy atom. The molecule has 166 valence electrons. The third kappa shape index (κ3) is 3.93. The zero-order chi connectivity index (χ0) is 22.1. The minimum atomic E-state index is -0.300. The number of hydrogen-bond donors (Lipinski definition) is 0. The van der Waals surface area contributed by atoms with Gasteiger partial charge in [0.25, 0.3) is 0 Å². The molecule has 0 saturated carbocycles. The number of rotatable bonds is 6. The first-order chi connectivity index (χ1) is 15.7. The van der Waals surface area contributed by atoms with Crippen molar-refractivity contribution in [2.24, 2.45) is 11.8 Å². The maximum atomic E-state index is 13.4. The normalized spacial score (nSPS) is 26.6. The molecule has 3 fully saturated rings. The van der Waals surface area contributed by atoms with E-state index in [1.165, 1.54) is 12.8 Å². The first-order valence-corrected chi connectivity index (χ1v) is 12.0. The van der Waals surface area contributed by atoms with Crippen LogP contribution in [0.15, 0.2) is 66.9 Å². The molecule has 32 heavy (non-hydrogen) atoms. The summed E-state index contributed by atoms with van der Waals surface area (Å²) in [4.78, 5) is 20.5. The second kappa shape index (κ2) is 9.03. The Hall–Kier alpha value is -2.72. The summed E-state index contributed by atoms with van der Waals surface area (Å²) < 4.78 is 6.41. The Kier molecular flexibility index (Phi) is 5.97. The van der Waals surface area contributed by atoms with Gasteiger partial charge in [-0.2, -0.15) is 0 Å². The van der Waals surface area contributed by atoms with Crippen molar-refractivity contribution < 1.29 is 9.53 Å². The minimum Gasteiger partial charge on any atom is -0.455 e. The highest BCUT2D eigenvalue weighted by atomic mass is 16.5. The molecule has 2 aromatic carbocycles. The number of esters is 1. The molecule has 6 atom stereocenters. The highest BCUT2D eigenvalue weighted by Gasteiger charge is 2.44. The van der Waals surface area contributed by atoms with Crippen LogP contribution in [0.3, 0.4) is 0 Å². The Morgan fingerprint density at radius 2 is 1.91 bits per heavy atom. The molecule has 0 radical (unpaired) electrons. The number of carbonyl (C=O) groups excluding carboxylic acids is 1. The number of benzene rings is 2. The summed E-state index contributed by atoms with van der Waals surface area (Å²) in [5.41, 5.74) is 3.02. The predicted octanol–water partition coefficient (Wildman–Crippen LogP) is 5.74. The number of carbonyl (C=O) groups is 1. The third-order valence-corrected chi connectivity index (χ3v) is 7.70. The van der Waals surface area contributed by atoms with Crippen molar-refractivity contribution in [1.29, 1.82) is 0 Å². The lowest BCUT2D eigenvalue weighted by Crippen LogP contribution is -2.55. The van der Waals surface area contributed by atoms with Gasteiger partial charge < -0.3 is 4.74 Å². The number of fused-ring (bicyclic) bond motifs is 4. The lowest BCUT2D eigenvalue weighted by Gasteiger charge is -2.51. The van der Waals surface area contributed by atoms with Crippen LogP contribution in [0.4, 0.5) is 0 Å². The summed E-state index contributed by atoms with van der Waals surface area (Å²) >= 11 is 0. The molecule has 3 saturated heterocycles. The van der Waals surface area contributed by atoms with Crippen molar-refractivity contribution in [2.75, 3.05) is 13.1 Å². The molecule has 1 aromatic heterocycles. The highest BCUT2D eigenvalue weighted by molar-refractivity contribution is 5.83. The summed E-state index contributed by atoms with van der Waals surface area (Å²) in [5.74, 6) is 1.02. The summed E-state index contributed by atoms with van der Waals surface area (Å²) in [6.07, 6.45) is 5.13. The summed E-state index contributed by atoms with van der Waals surface area (Å²) in [6, 6.07) is 20.4. The van der Waals surface area contributed by atoms with Crippen LogP contribution in [0, 0.1) is 11.8 Å². The Morgan fingerprint density at radius 1 is 1.12 bits per heavy atom. The van der Waals surface area contributed by atoms with Crippen molar-refractivity contribution >= 4 is 16.9 Å². The summed E-state index contributed by atoms with van der Waals surface area (Å²) in [5, 5.41) is 1.08. The maximum absolute atomic E-state index is 13.4. The van der Waals surface area contributed by atoms with Gasteiger partial charge in [-0.05, 0) is 55.8 Å². The van der Waals surface area contributed by atoms with Crippen LogP contribution in [0.5, 0.6) is 0 Å². The molecule has 4 nitrogen and oxygen atoms in total. The van der Waals surface area contributed by atoms with Gasteiger partial charge in [-0.3, -0.25) is 14.7 Å². The highest BCUT2D eigenvalue weighted by Crippen LogP contribution is 2.44. The molecule has 4 heterocycles. The van der Waals surface area contributed by atoms with E-state index in [4.69, 9.17) is 4.74 Å². The monoisotopic (exact) mass is 428 g/mol. The molecule has 0 spiro atoms. The van der Waals surface area contributed by atoms with Gasteiger partial charge >= 0.3 is 5.97 Å². The molecular weight excluding hydrogens is 396 g/mol. The quantitative estimate of drug-likeness (QED) is 0.469. The van der Waals surface area contributed by atoms with Crippen molar-refractivity contribution in [1.82, 2.24) is 9.88 Å². The molecule has 0 amide bonds. The zero-order valence-electron chi connectivity index (χ0n) is 19.0. The van der Waals surface area contributed by atoms with E-state index in [1.807, 2.05) is 67.7 Å². The molecule has 0 aliphatic carbocycles. The van der Waals surface area contributed by atoms with Crippen LogP contribution in [0.25, 0.3) is 10.9 Å². The van der Waals surface area contributed by atoms with E-state index < -0.39 is 0 Å². The number of piperidine rings is 3. The molecule has 3 aliphatic heterocycles. The van der Waals surface area contributed by atoms with Crippen molar-refractivity contribution in [3.05, 3.63) is 78.0 Å². The summed E-state index contributed by atoms with van der Waals surface area (Å²) in [7, 11) is 0. The fourth-order valence-electron chi connectivity index (χ4n) is 5.78. The molecule has 0 N–H and O–H groups in total. The first-order valence-electron chi connectivity index (χ1n) is 12.0. The minimum absolute atomic E-state index is 0.156. The molecular formula is C28H32N2O2. The van der Waals surface area contributed by atoms with Gasteiger partial charge in [0.15, 0.2) is 0 Å². The van der Waals surface area contributed by atoms with Gasteiger partial charge in [0.2, 0.25) is 0 Å². The van der Waals surface area contributed by atoms with Gasteiger partial charge in [-0.1, -0.05) is 61.9 Å². The molecule has 2 unspecified atom stereocenters. The van der Waals surface area contributed by atoms with E-state index in [0.29, 0.717) is 0 Å². The fourth-order valence-corrected chi connectivity index (χ4v) is 5.78. The number of hydrogen-bond acceptors (Lipinski definition) is 4. The van der Waals surface area contributed by atoms with Crippen LogP contribution in [-0.4, -0.2) is 35.0 Å². The van der Waals surface area contributed by atoms with Crippen molar-refractivity contribution in [3.8, 4) is 0 Å². The number of nitrogens with zero attached hydrogens (tertiary/aromatic N) is 2. The van der Waals surface area contributed by atoms with E-state index in [2.05, 4.69) is 22.9 Å². The number of para-hydroxylation sites is 1. The molecule has 3 aromatic rings. The van der Waals surface area contributed by atoms with Gasteiger partial charge in [0.1, 0.15) is 6.10 Å². The summed E-state index contributed by atoms with van der Waals surface area (Å²) in [6.45, 7) is 6.45. The standard InChI is InChI=1S/C28H32N2O2/c1-3-20-18-30-16-14-22(20)17-26(30)27(24-13-15-29-25-12-8-7-11-23(24)25)32-28(31)19(2)21-9-5-4-6-10-21/h4-13,15,19-20,22,26-27H,3,14,16-18H2,1-2H3/t19?,20-,22+,26-,27+/m0/s1. The van der Waals surface area contributed by atoms with E-state index in [0.717, 1.165) is 53.4 Å². The van der Waals surface area contributed by atoms with E-state index in [9.17, 15) is 4.79 Å². The number of ether oxygens (including phenoxy) is 1. The van der Waals surface area contributed by atoms with Gasteiger partial charge in [0.05, 0.1) is 17.5 Å². The average molecular weight is 429 g/mol. The van der Waals surface area contributed by atoms with E-state index in [1.54, 1.807) is 0 Å². The van der Waals surface area contributed by atoms with Crippen molar-refractivity contribution in [3.63, 3.8) is 0 Å². The van der Waals surface area contributed by atoms with Crippen LogP contribution in [0.2, 0.25) is 0 Å². The van der Waals surface area contributed by atoms with Crippen LogP contribution in [-0.2, 0) is 9.53 Å². The van der Waals surface area contributed by atoms with Crippen LogP contribution in [0.1, 0.15) is 56.3 Å². The Labute approximate surface area is 190 Å². The lowest BCUT2D eigenvalue weighted by atomic mass is 9.72. The lowest BCUT2D eigenvalue weighted by molar-refractivity contribution is -0.159. The maximum Gasteiger partial charge on any atom is 0.313 e. The Balaban J connectivity index is 1.50. The van der Waals surface area contributed by atoms with E-state index >= 15 is 0 Å². The SMILES string of the molecule is CC[C@H]1CN2CC[C@@H]1C[C@H]2[C@H](OC(=O)C(C)c1ccccc1)c1ccnc2ccccc12. The number of pyridine rings is 1. The van der Waals surface area contributed by atoms with Gasteiger partial charge in [-0.15, -0.1) is 0 Å². The predicted molar refractivity (Wildman–Crippen MR) is 127 cm³/mol. The Bertz CT molecular complexity index is 1080. The van der Waals surface area contributed by atoms with Gasteiger partial charge in [0, 0.05) is 23.7 Å². The van der Waals surface area contributed by atoms with Gasteiger partial charge in [-0.25, -0.2) is 0 Å². The molecule has 2 bridgehead atoms. The second-order valence-electron chi connectivity index (χ2n) is 9.42. The third-order valence-electron chi connectivity index (χ3n) is 7.70.